The van der Waals surface area contributed by atoms with Gasteiger partial charge in [0.25, 0.3) is 0 Å². The monoisotopic (exact) mass is 387 g/mol. The first kappa shape index (κ1) is 19.9. The highest BCUT2D eigenvalue weighted by Gasteiger charge is 2.42. The van der Waals surface area contributed by atoms with Gasteiger partial charge in [-0.25, -0.2) is 0 Å². The van der Waals surface area contributed by atoms with Crippen molar-refractivity contribution in [1.29, 1.82) is 0 Å². The van der Waals surface area contributed by atoms with Gasteiger partial charge in [-0.1, -0.05) is 45.0 Å². The molecule has 1 aromatic heterocycles. The van der Waals surface area contributed by atoms with E-state index in [1.165, 1.54) is 55.8 Å². The number of aromatic amines is 1. The van der Waals surface area contributed by atoms with Crippen LogP contribution in [-0.2, 0) is 12.0 Å². The van der Waals surface area contributed by atoms with Crippen molar-refractivity contribution in [2.45, 2.75) is 60.4 Å². The third kappa shape index (κ3) is 2.86. The average Bonchev–Trinajstić information content (AvgIpc) is 3.23. The second-order valence-electron chi connectivity index (χ2n) is 9.22. The van der Waals surface area contributed by atoms with Crippen LogP contribution in [0.25, 0.3) is 22.5 Å². The summed E-state index contributed by atoms with van der Waals surface area (Å²) in [5.41, 5.74) is 14.5. The van der Waals surface area contributed by atoms with Gasteiger partial charge in [-0.3, -0.25) is 5.10 Å². The van der Waals surface area contributed by atoms with E-state index in [4.69, 9.17) is 5.10 Å². The number of hydrogen-bond donors (Lipinski definition) is 1. The number of hydrogen-bond acceptors (Lipinski definition) is 2. The van der Waals surface area contributed by atoms with E-state index in [1.807, 2.05) is 0 Å². The minimum absolute atomic E-state index is 0.0681. The van der Waals surface area contributed by atoms with E-state index in [9.17, 15) is 0 Å². The molecule has 152 valence electrons. The van der Waals surface area contributed by atoms with Crippen LogP contribution in [0.5, 0.6) is 0 Å². The maximum Gasteiger partial charge on any atom is 0.0968 e. The molecule has 3 heteroatoms. The molecule has 3 nitrogen and oxygen atoms in total. The van der Waals surface area contributed by atoms with Crippen molar-refractivity contribution >= 4 is 0 Å². The Bertz CT molecular complexity index is 1080. The Hall–Kier alpha value is -2.39. The van der Waals surface area contributed by atoms with Gasteiger partial charge in [0.1, 0.15) is 0 Å². The van der Waals surface area contributed by atoms with Crippen LogP contribution in [0.1, 0.15) is 59.7 Å². The molecule has 29 heavy (non-hydrogen) atoms. The summed E-state index contributed by atoms with van der Waals surface area (Å²) in [4.78, 5) is 2.32. The maximum atomic E-state index is 4.80. The molecule has 0 aliphatic heterocycles. The summed E-state index contributed by atoms with van der Waals surface area (Å²) in [6.45, 7) is 17.9. The van der Waals surface area contributed by atoms with Gasteiger partial charge >= 0.3 is 0 Å². The van der Waals surface area contributed by atoms with Crippen molar-refractivity contribution in [2.24, 2.45) is 0 Å². The molecule has 1 aliphatic carbocycles. The molecule has 0 unspecified atom stereocenters. The first-order valence-corrected chi connectivity index (χ1v) is 10.7. The van der Waals surface area contributed by atoms with Gasteiger partial charge < -0.3 is 4.90 Å². The lowest BCUT2D eigenvalue weighted by molar-refractivity contribution is 0.346. The Labute approximate surface area is 175 Å². The summed E-state index contributed by atoms with van der Waals surface area (Å²) in [7, 11) is 2.16. The Morgan fingerprint density at radius 1 is 0.897 bits per heavy atom. The Morgan fingerprint density at radius 3 is 2.14 bits per heavy atom. The number of rotatable bonds is 4. The van der Waals surface area contributed by atoms with E-state index < -0.39 is 0 Å². The maximum absolute atomic E-state index is 4.80. The molecule has 4 rings (SSSR count). The van der Waals surface area contributed by atoms with E-state index in [0.717, 1.165) is 18.8 Å². The van der Waals surface area contributed by atoms with E-state index in [0.29, 0.717) is 0 Å². The molecule has 0 saturated carbocycles. The Morgan fingerprint density at radius 2 is 1.52 bits per heavy atom. The van der Waals surface area contributed by atoms with Crippen LogP contribution in [0.3, 0.4) is 0 Å². The summed E-state index contributed by atoms with van der Waals surface area (Å²) in [6.07, 6.45) is 0. The van der Waals surface area contributed by atoms with Crippen LogP contribution in [0.15, 0.2) is 24.3 Å². The molecule has 0 atom stereocenters. The molecule has 0 spiro atoms. The Kier molecular flexibility index (Phi) is 4.70. The van der Waals surface area contributed by atoms with Crippen LogP contribution in [-0.4, -0.2) is 28.7 Å². The van der Waals surface area contributed by atoms with Crippen molar-refractivity contribution < 1.29 is 0 Å². The minimum Gasteiger partial charge on any atom is -0.302 e. The summed E-state index contributed by atoms with van der Waals surface area (Å²) in [5, 5.41) is 8.21. The largest absolute Gasteiger partial charge is 0.302 e. The molecule has 1 N–H and O–H groups in total. The zero-order valence-corrected chi connectivity index (χ0v) is 19.1. The van der Waals surface area contributed by atoms with E-state index in [-0.39, 0.29) is 5.41 Å². The summed E-state index contributed by atoms with van der Waals surface area (Å²) in [5.74, 6) is 0. The average molecular weight is 388 g/mol. The quantitative estimate of drug-likeness (QED) is 0.589. The van der Waals surface area contributed by atoms with Gasteiger partial charge in [0.05, 0.1) is 11.4 Å². The van der Waals surface area contributed by atoms with Crippen molar-refractivity contribution in [3.8, 4) is 22.5 Å². The van der Waals surface area contributed by atoms with Crippen molar-refractivity contribution in [2.75, 3.05) is 13.6 Å². The van der Waals surface area contributed by atoms with Crippen LogP contribution >= 0.6 is 0 Å². The van der Waals surface area contributed by atoms with Gasteiger partial charge in [-0.15, -0.1) is 0 Å². The Balaban J connectivity index is 1.84. The fourth-order valence-electron chi connectivity index (χ4n) is 5.06. The van der Waals surface area contributed by atoms with Gasteiger partial charge in [-0.2, -0.15) is 5.10 Å². The molecule has 0 amide bonds. The smallest absolute Gasteiger partial charge is 0.0968 e. The number of nitrogens with one attached hydrogen (secondary N) is 1. The van der Waals surface area contributed by atoms with Gasteiger partial charge in [0.2, 0.25) is 0 Å². The number of fused-ring (bicyclic) bond motifs is 3. The molecular formula is C26H33N3. The number of benzene rings is 2. The fourth-order valence-corrected chi connectivity index (χ4v) is 5.06. The van der Waals surface area contributed by atoms with Gasteiger partial charge in [0.15, 0.2) is 0 Å². The first-order valence-electron chi connectivity index (χ1n) is 10.7. The topological polar surface area (TPSA) is 31.9 Å². The molecule has 0 bridgehead atoms. The van der Waals surface area contributed by atoms with E-state index in [2.05, 4.69) is 89.8 Å². The second kappa shape index (κ2) is 6.84. The van der Waals surface area contributed by atoms with Crippen LogP contribution in [0, 0.1) is 27.7 Å². The number of nitrogens with zero attached hydrogens (tertiary/aromatic N) is 2. The predicted octanol–water partition coefficient (Wildman–Crippen LogP) is 6.07. The summed E-state index contributed by atoms with van der Waals surface area (Å²) < 4.78 is 0. The standard InChI is InChI=1S/C26H33N3/c1-9-29(8)14-19-10-12-20(13-11-19)24-23-25(28-27-24)21-17(4)15(2)16(3)18(5)22(21)26(23,6)7/h10-13H,9,14H2,1-8H3,(H,27,28). The molecule has 1 heterocycles. The lowest BCUT2D eigenvalue weighted by Gasteiger charge is -2.26. The summed E-state index contributed by atoms with van der Waals surface area (Å²) >= 11 is 0. The first-order chi connectivity index (χ1) is 13.7. The highest BCUT2D eigenvalue weighted by molar-refractivity contribution is 5.88. The molecule has 0 fully saturated rings. The van der Waals surface area contributed by atoms with Crippen molar-refractivity contribution in [1.82, 2.24) is 15.1 Å². The zero-order chi connectivity index (χ0) is 21.1. The molecule has 3 aromatic rings. The molecule has 0 radical (unpaired) electrons. The SMILES string of the molecule is CCN(C)Cc1ccc(-c2n[nH]c3c2C(C)(C)c2c(C)c(C)c(C)c(C)c2-3)cc1. The minimum atomic E-state index is -0.0681. The number of H-pyrrole nitrogens is 1. The fraction of sp³-hybridized carbons (Fsp3) is 0.423. The normalized spacial score (nSPS) is 14.4. The van der Waals surface area contributed by atoms with Crippen LogP contribution in [0.2, 0.25) is 0 Å². The number of aromatic nitrogens is 2. The third-order valence-corrected chi connectivity index (χ3v) is 7.17. The van der Waals surface area contributed by atoms with Crippen molar-refractivity contribution in [3.63, 3.8) is 0 Å². The highest BCUT2D eigenvalue weighted by atomic mass is 15.1. The van der Waals surface area contributed by atoms with Crippen LogP contribution < -0.4 is 0 Å². The van der Waals surface area contributed by atoms with E-state index >= 15 is 0 Å². The molecule has 1 aliphatic rings. The van der Waals surface area contributed by atoms with Gasteiger partial charge in [-0.05, 0) is 74.7 Å². The van der Waals surface area contributed by atoms with Gasteiger partial charge in [0, 0.05) is 28.7 Å². The lowest BCUT2D eigenvalue weighted by Crippen LogP contribution is -2.18. The summed E-state index contributed by atoms with van der Waals surface area (Å²) in [6, 6.07) is 8.93. The van der Waals surface area contributed by atoms with E-state index in [1.54, 1.807) is 0 Å². The molecule has 0 saturated heterocycles. The van der Waals surface area contributed by atoms with Crippen molar-refractivity contribution in [3.05, 3.63) is 63.2 Å². The van der Waals surface area contributed by atoms with Crippen LogP contribution in [0.4, 0.5) is 0 Å². The zero-order valence-electron chi connectivity index (χ0n) is 19.1. The molecule has 2 aromatic carbocycles. The highest BCUT2D eigenvalue weighted by Crippen LogP contribution is 2.54. The second-order valence-corrected chi connectivity index (χ2v) is 9.22. The lowest BCUT2D eigenvalue weighted by atomic mass is 9.77. The molecular weight excluding hydrogens is 354 g/mol. The third-order valence-electron chi connectivity index (χ3n) is 7.17. The predicted molar refractivity (Wildman–Crippen MR) is 123 cm³/mol.